The second-order valence-electron chi connectivity index (χ2n) is 12.3. The van der Waals surface area contributed by atoms with Gasteiger partial charge in [-0.25, -0.2) is 13.6 Å². The highest BCUT2D eigenvalue weighted by molar-refractivity contribution is 5.90. The molecule has 4 atom stereocenters. The molecule has 4 fully saturated rings. The second-order valence-corrected chi connectivity index (χ2v) is 12.3. The van der Waals surface area contributed by atoms with Gasteiger partial charge < -0.3 is 14.4 Å². The van der Waals surface area contributed by atoms with Crippen molar-refractivity contribution in [1.82, 2.24) is 24.8 Å². The molecule has 206 valence electrons. The highest BCUT2D eigenvalue weighted by Crippen LogP contribution is 2.41. The monoisotopic (exact) mass is 530 g/mol. The second kappa shape index (κ2) is 9.14. The van der Waals surface area contributed by atoms with Gasteiger partial charge in [0.15, 0.2) is 5.82 Å². The van der Waals surface area contributed by atoms with E-state index < -0.39 is 17.6 Å². The highest BCUT2D eigenvalue weighted by Gasteiger charge is 2.49. The average Bonchev–Trinajstić information content (AvgIpc) is 3.46. The van der Waals surface area contributed by atoms with Crippen LogP contribution in [0.25, 0.3) is 10.9 Å². The van der Waals surface area contributed by atoms with Crippen molar-refractivity contribution in [1.29, 1.82) is 0 Å². The van der Waals surface area contributed by atoms with Gasteiger partial charge in [0.1, 0.15) is 29.7 Å². The van der Waals surface area contributed by atoms with Gasteiger partial charge >= 0.3 is 12.1 Å². The van der Waals surface area contributed by atoms with Crippen LogP contribution in [-0.4, -0.2) is 93.0 Å². The van der Waals surface area contributed by atoms with Crippen molar-refractivity contribution in [2.75, 3.05) is 37.7 Å². The fourth-order valence-electron chi connectivity index (χ4n) is 6.76. The first-order valence-electron chi connectivity index (χ1n) is 13.6. The van der Waals surface area contributed by atoms with E-state index in [0.717, 1.165) is 32.2 Å². The summed E-state index contributed by atoms with van der Waals surface area (Å²) in [5.41, 5.74) is -0.517. The van der Waals surface area contributed by atoms with Gasteiger partial charge in [0.05, 0.1) is 28.7 Å². The van der Waals surface area contributed by atoms with Gasteiger partial charge in [-0.15, -0.1) is 0 Å². The van der Waals surface area contributed by atoms with Gasteiger partial charge in [-0.1, -0.05) is 0 Å². The van der Waals surface area contributed by atoms with Gasteiger partial charge in [0, 0.05) is 32.3 Å². The van der Waals surface area contributed by atoms with E-state index in [4.69, 9.17) is 14.5 Å². The molecule has 9 nitrogen and oxygen atoms in total. The Labute approximate surface area is 221 Å². The molecule has 0 N–H and O–H groups in total. The lowest BCUT2D eigenvalue weighted by Gasteiger charge is -2.42. The van der Waals surface area contributed by atoms with Crippen molar-refractivity contribution in [3.8, 4) is 6.01 Å². The Morgan fingerprint density at radius 3 is 2.63 bits per heavy atom. The molecule has 0 aliphatic carbocycles. The normalized spacial score (nSPS) is 29.3. The van der Waals surface area contributed by atoms with Crippen molar-refractivity contribution in [2.24, 2.45) is 0 Å². The number of hydrogen-bond donors (Lipinski definition) is 0. The minimum absolute atomic E-state index is 0.0350. The van der Waals surface area contributed by atoms with Gasteiger partial charge in [-0.05, 0) is 59.9 Å². The Balaban J connectivity index is 1.30. The zero-order chi connectivity index (χ0) is 26.8. The van der Waals surface area contributed by atoms with Crippen LogP contribution in [0.4, 0.5) is 19.4 Å². The predicted octanol–water partition coefficient (Wildman–Crippen LogP) is 4.02. The molecule has 4 aliphatic heterocycles. The lowest BCUT2D eigenvalue weighted by molar-refractivity contribution is 0.0122. The van der Waals surface area contributed by atoms with Crippen LogP contribution in [0.3, 0.4) is 0 Å². The maximum Gasteiger partial charge on any atom is 0.410 e. The van der Waals surface area contributed by atoms with E-state index >= 15 is 4.39 Å². The Bertz CT molecular complexity index is 1240. The number of pyridine rings is 1. The zero-order valence-electron chi connectivity index (χ0n) is 22.5. The van der Waals surface area contributed by atoms with E-state index in [-0.39, 0.29) is 47.5 Å². The molecule has 2 aromatic rings. The number of ether oxygens (including phenoxy) is 2. The highest BCUT2D eigenvalue weighted by atomic mass is 19.1. The first kappa shape index (κ1) is 25.5. The minimum Gasteiger partial charge on any atom is -0.461 e. The minimum atomic E-state index is -0.866. The van der Waals surface area contributed by atoms with Crippen molar-refractivity contribution < 1.29 is 23.0 Å². The Kier molecular flexibility index (Phi) is 6.12. The fraction of sp³-hybridized carbons (Fsp3) is 0.704. The summed E-state index contributed by atoms with van der Waals surface area (Å²) in [4.78, 5) is 32.5. The lowest BCUT2D eigenvalue weighted by atomic mass is 9.95. The Hall–Kier alpha value is -2.82. The van der Waals surface area contributed by atoms with E-state index in [1.54, 1.807) is 13.1 Å². The SMILES string of the molecule is Cc1ncc2c(N3CC4CCC(C3)N4C(=O)OC(C)(C)C)nc(OC[C@@]34CCCN3C[C@H](F)C4)nc2c1F. The van der Waals surface area contributed by atoms with Crippen molar-refractivity contribution in [2.45, 2.75) is 89.2 Å². The number of halogens is 2. The lowest BCUT2D eigenvalue weighted by Crippen LogP contribution is -2.57. The molecule has 4 saturated heterocycles. The largest absolute Gasteiger partial charge is 0.461 e. The summed E-state index contributed by atoms with van der Waals surface area (Å²) in [6, 6.07) is 0.0155. The number of piperazine rings is 1. The quantitative estimate of drug-likeness (QED) is 0.586. The van der Waals surface area contributed by atoms with E-state index in [9.17, 15) is 9.18 Å². The maximum atomic E-state index is 15.3. The smallest absolute Gasteiger partial charge is 0.410 e. The first-order chi connectivity index (χ1) is 18.0. The molecule has 6 rings (SSSR count). The molecule has 0 saturated carbocycles. The summed E-state index contributed by atoms with van der Waals surface area (Å²) in [6.07, 6.45) is 4.47. The molecule has 0 spiro atoms. The standard InChI is InChI=1S/C27H36F2N6O3/c1-16-21(29)22-20(11-30-16)23(32-24(31-22)37-15-27-8-5-9-34(27)12-17(28)10-27)33-13-18-6-7-19(14-33)35(18)25(36)38-26(2,3)4/h11,17-19H,5-10,12-15H2,1-4H3/t17-,18?,19?,27+/m1/s1. The fourth-order valence-corrected chi connectivity index (χ4v) is 6.76. The van der Waals surface area contributed by atoms with Crippen molar-refractivity contribution in [3.63, 3.8) is 0 Å². The van der Waals surface area contributed by atoms with Crippen molar-refractivity contribution in [3.05, 3.63) is 17.7 Å². The number of fused-ring (bicyclic) bond motifs is 4. The van der Waals surface area contributed by atoms with Gasteiger partial charge in [0.2, 0.25) is 0 Å². The number of nitrogens with zero attached hydrogens (tertiary/aromatic N) is 6. The summed E-state index contributed by atoms with van der Waals surface area (Å²) < 4.78 is 41.3. The predicted molar refractivity (Wildman–Crippen MR) is 138 cm³/mol. The average molecular weight is 531 g/mol. The molecule has 0 radical (unpaired) electrons. The van der Waals surface area contributed by atoms with E-state index in [2.05, 4.69) is 19.8 Å². The van der Waals surface area contributed by atoms with Crippen LogP contribution in [0.15, 0.2) is 6.20 Å². The first-order valence-corrected chi connectivity index (χ1v) is 13.6. The molecule has 6 heterocycles. The van der Waals surface area contributed by atoms with Crippen LogP contribution in [-0.2, 0) is 4.74 Å². The molecule has 11 heteroatoms. The number of alkyl halides is 1. The topological polar surface area (TPSA) is 83.9 Å². The van der Waals surface area contributed by atoms with Crippen molar-refractivity contribution >= 4 is 22.8 Å². The molecule has 2 bridgehead atoms. The summed E-state index contributed by atoms with van der Waals surface area (Å²) in [5.74, 6) is 0.0458. The number of hydrogen-bond acceptors (Lipinski definition) is 8. The van der Waals surface area contributed by atoms with Crippen LogP contribution in [0, 0.1) is 12.7 Å². The third-order valence-electron chi connectivity index (χ3n) is 8.43. The van der Waals surface area contributed by atoms with Crippen LogP contribution in [0.1, 0.15) is 58.6 Å². The molecular weight excluding hydrogens is 494 g/mol. The number of rotatable bonds is 4. The molecule has 1 amide bonds. The Morgan fingerprint density at radius 1 is 1.18 bits per heavy atom. The number of amides is 1. The van der Waals surface area contributed by atoms with E-state index in [1.807, 2.05) is 25.7 Å². The molecule has 38 heavy (non-hydrogen) atoms. The van der Waals surface area contributed by atoms with Crippen LogP contribution < -0.4 is 9.64 Å². The number of carbonyl (C=O) groups is 1. The van der Waals surface area contributed by atoms with Crippen LogP contribution >= 0.6 is 0 Å². The number of anilines is 1. The summed E-state index contributed by atoms with van der Waals surface area (Å²) in [6.45, 7) is 9.83. The third-order valence-corrected chi connectivity index (χ3v) is 8.43. The van der Waals surface area contributed by atoms with E-state index in [1.165, 1.54) is 0 Å². The van der Waals surface area contributed by atoms with Gasteiger partial charge in [-0.2, -0.15) is 9.97 Å². The third kappa shape index (κ3) is 4.42. The zero-order valence-corrected chi connectivity index (χ0v) is 22.5. The summed E-state index contributed by atoms with van der Waals surface area (Å²) in [5, 5.41) is 0.510. The van der Waals surface area contributed by atoms with Crippen LogP contribution in [0.2, 0.25) is 0 Å². The molecular formula is C27H36F2N6O3. The summed E-state index contributed by atoms with van der Waals surface area (Å²) >= 11 is 0. The molecule has 4 aliphatic rings. The maximum absolute atomic E-state index is 15.3. The van der Waals surface area contributed by atoms with Gasteiger partial charge in [0.25, 0.3) is 0 Å². The van der Waals surface area contributed by atoms with E-state index in [0.29, 0.717) is 37.3 Å². The Morgan fingerprint density at radius 2 is 1.92 bits per heavy atom. The number of carbonyl (C=O) groups excluding carboxylic acids is 1. The number of aryl methyl sites for hydroxylation is 1. The molecule has 2 unspecified atom stereocenters. The number of aromatic nitrogens is 3. The van der Waals surface area contributed by atoms with Crippen LogP contribution in [0.5, 0.6) is 6.01 Å². The van der Waals surface area contributed by atoms with Gasteiger partial charge in [-0.3, -0.25) is 14.8 Å². The molecule has 0 aromatic carbocycles. The molecule has 2 aromatic heterocycles. The summed E-state index contributed by atoms with van der Waals surface area (Å²) in [7, 11) is 0.